The molecule has 3 rings (SSSR count). The summed E-state index contributed by atoms with van der Waals surface area (Å²) in [4.78, 5) is 28.4. The number of rotatable bonds is 5. The lowest BCUT2D eigenvalue weighted by molar-refractivity contribution is -0.160. The lowest BCUT2D eigenvalue weighted by atomic mass is 9.90. The number of hydrogen-bond donors (Lipinski definition) is 2. The van der Waals surface area contributed by atoms with Crippen LogP contribution in [0, 0.1) is 0 Å². The molecule has 148 valence electrons. The Morgan fingerprint density at radius 3 is 2.59 bits per heavy atom. The highest BCUT2D eigenvalue weighted by Crippen LogP contribution is 2.26. The van der Waals surface area contributed by atoms with Crippen molar-refractivity contribution in [2.75, 3.05) is 32.7 Å². The highest BCUT2D eigenvalue weighted by molar-refractivity contribution is 5.86. The van der Waals surface area contributed by atoms with E-state index in [1.807, 2.05) is 4.90 Å². The average molecular weight is 373 g/mol. The SMILES string of the molecule is CC(C)c1ccc(CN2CCC[C@](O)(CN3CCCNC(=O)C3)C2=O)cc1. The first-order chi connectivity index (χ1) is 12.9. The largest absolute Gasteiger partial charge is 0.379 e. The van der Waals surface area contributed by atoms with Crippen molar-refractivity contribution in [2.45, 2.75) is 51.2 Å². The molecule has 2 N–H and O–H groups in total. The summed E-state index contributed by atoms with van der Waals surface area (Å²) >= 11 is 0. The van der Waals surface area contributed by atoms with Crippen molar-refractivity contribution < 1.29 is 14.7 Å². The highest BCUT2D eigenvalue weighted by Gasteiger charge is 2.43. The summed E-state index contributed by atoms with van der Waals surface area (Å²) in [5.41, 5.74) is 0.951. The quantitative estimate of drug-likeness (QED) is 0.820. The smallest absolute Gasteiger partial charge is 0.256 e. The molecule has 0 radical (unpaired) electrons. The molecular formula is C21H31N3O3. The second-order valence-corrected chi connectivity index (χ2v) is 8.17. The van der Waals surface area contributed by atoms with Gasteiger partial charge in [0, 0.05) is 32.7 Å². The summed E-state index contributed by atoms with van der Waals surface area (Å²) in [6.45, 7) is 7.33. The van der Waals surface area contributed by atoms with E-state index in [1.54, 1.807) is 4.90 Å². The summed E-state index contributed by atoms with van der Waals surface area (Å²) in [6, 6.07) is 8.34. The molecule has 0 spiro atoms. The predicted molar refractivity (Wildman–Crippen MR) is 104 cm³/mol. The van der Waals surface area contributed by atoms with Gasteiger partial charge in [-0.2, -0.15) is 0 Å². The zero-order valence-electron chi connectivity index (χ0n) is 16.4. The van der Waals surface area contributed by atoms with Crippen LogP contribution in [-0.2, 0) is 16.1 Å². The van der Waals surface area contributed by atoms with Crippen LogP contribution in [0.2, 0.25) is 0 Å². The van der Waals surface area contributed by atoms with Crippen LogP contribution in [0.3, 0.4) is 0 Å². The number of piperidine rings is 1. The van der Waals surface area contributed by atoms with E-state index in [4.69, 9.17) is 0 Å². The molecule has 0 aromatic heterocycles. The third-order valence-corrected chi connectivity index (χ3v) is 5.55. The number of carbonyl (C=O) groups excluding carboxylic acids is 2. The van der Waals surface area contributed by atoms with Crippen LogP contribution in [0.1, 0.15) is 50.2 Å². The van der Waals surface area contributed by atoms with Gasteiger partial charge in [-0.25, -0.2) is 0 Å². The molecule has 2 aliphatic heterocycles. The molecule has 0 bridgehead atoms. The number of likely N-dealkylation sites (tertiary alicyclic amines) is 1. The second-order valence-electron chi connectivity index (χ2n) is 8.17. The lowest BCUT2D eigenvalue weighted by Gasteiger charge is -2.40. The number of aliphatic hydroxyl groups is 1. The predicted octanol–water partition coefficient (Wildman–Crippen LogP) is 1.49. The topological polar surface area (TPSA) is 72.9 Å². The number of nitrogens with zero attached hydrogens (tertiary/aromatic N) is 2. The minimum atomic E-state index is -1.40. The van der Waals surface area contributed by atoms with E-state index in [-0.39, 0.29) is 24.9 Å². The fourth-order valence-electron chi connectivity index (χ4n) is 3.96. The molecule has 2 fully saturated rings. The highest BCUT2D eigenvalue weighted by atomic mass is 16.3. The van der Waals surface area contributed by atoms with Crippen molar-refractivity contribution in [1.82, 2.24) is 15.1 Å². The van der Waals surface area contributed by atoms with Gasteiger partial charge in [-0.05, 0) is 36.3 Å². The van der Waals surface area contributed by atoms with Crippen LogP contribution in [0.25, 0.3) is 0 Å². The number of carbonyl (C=O) groups is 2. The minimum absolute atomic E-state index is 0.0403. The molecule has 0 saturated carbocycles. The third-order valence-electron chi connectivity index (χ3n) is 5.55. The number of nitrogens with one attached hydrogen (secondary N) is 1. The maximum atomic E-state index is 13.0. The van der Waals surface area contributed by atoms with Crippen molar-refractivity contribution in [3.05, 3.63) is 35.4 Å². The van der Waals surface area contributed by atoms with E-state index in [0.717, 1.165) is 18.4 Å². The van der Waals surface area contributed by atoms with Gasteiger partial charge in [0.15, 0.2) is 5.60 Å². The van der Waals surface area contributed by atoms with Crippen LogP contribution in [0.5, 0.6) is 0 Å². The van der Waals surface area contributed by atoms with Crippen molar-refractivity contribution in [2.24, 2.45) is 0 Å². The van der Waals surface area contributed by atoms with Crippen molar-refractivity contribution >= 4 is 11.8 Å². The van der Waals surface area contributed by atoms with Crippen LogP contribution < -0.4 is 5.32 Å². The van der Waals surface area contributed by atoms with Gasteiger partial charge in [0.05, 0.1) is 6.54 Å². The average Bonchev–Trinajstić information content (AvgIpc) is 2.83. The fraction of sp³-hybridized carbons (Fsp3) is 0.619. The molecule has 2 heterocycles. The first-order valence-electron chi connectivity index (χ1n) is 9.97. The van der Waals surface area contributed by atoms with Gasteiger partial charge in [-0.15, -0.1) is 0 Å². The van der Waals surface area contributed by atoms with E-state index in [1.165, 1.54) is 5.56 Å². The van der Waals surface area contributed by atoms with Crippen LogP contribution in [-0.4, -0.2) is 65.0 Å². The molecule has 2 amide bonds. The number of amides is 2. The fourth-order valence-corrected chi connectivity index (χ4v) is 3.96. The van der Waals surface area contributed by atoms with Crippen LogP contribution >= 0.6 is 0 Å². The second kappa shape index (κ2) is 8.40. The first-order valence-corrected chi connectivity index (χ1v) is 9.97. The zero-order chi connectivity index (χ0) is 19.4. The molecular weight excluding hydrogens is 342 g/mol. The number of β-amino-alcohol motifs (C(OH)–C–C–N with tert-alkyl or cyclic N) is 1. The van der Waals surface area contributed by atoms with E-state index in [9.17, 15) is 14.7 Å². The Bertz CT molecular complexity index is 674. The minimum Gasteiger partial charge on any atom is -0.379 e. The van der Waals surface area contributed by atoms with Crippen molar-refractivity contribution in [3.63, 3.8) is 0 Å². The summed E-state index contributed by atoms with van der Waals surface area (Å²) in [6.07, 6.45) is 2.06. The molecule has 27 heavy (non-hydrogen) atoms. The Balaban J connectivity index is 1.66. The Labute approximate surface area is 161 Å². The van der Waals surface area contributed by atoms with Gasteiger partial charge in [-0.1, -0.05) is 38.1 Å². The summed E-state index contributed by atoms with van der Waals surface area (Å²) in [5.74, 6) is 0.222. The van der Waals surface area contributed by atoms with Gasteiger partial charge in [0.1, 0.15) is 0 Å². The van der Waals surface area contributed by atoms with E-state index >= 15 is 0 Å². The van der Waals surface area contributed by atoms with E-state index < -0.39 is 5.60 Å². The molecule has 1 aromatic carbocycles. The maximum Gasteiger partial charge on any atom is 0.256 e. The van der Waals surface area contributed by atoms with Crippen molar-refractivity contribution in [3.8, 4) is 0 Å². The van der Waals surface area contributed by atoms with Gasteiger partial charge >= 0.3 is 0 Å². The van der Waals surface area contributed by atoms with Crippen LogP contribution in [0.4, 0.5) is 0 Å². The summed E-state index contributed by atoms with van der Waals surface area (Å²) in [7, 11) is 0. The molecule has 1 atom stereocenters. The summed E-state index contributed by atoms with van der Waals surface area (Å²) in [5, 5.41) is 13.9. The van der Waals surface area contributed by atoms with Gasteiger partial charge in [-0.3, -0.25) is 14.5 Å². The van der Waals surface area contributed by atoms with Gasteiger partial charge in [0.25, 0.3) is 5.91 Å². The third kappa shape index (κ3) is 4.87. The Kier molecular flexibility index (Phi) is 6.17. The van der Waals surface area contributed by atoms with Gasteiger partial charge < -0.3 is 15.3 Å². The monoisotopic (exact) mass is 373 g/mol. The van der Waals surface area contributed by atoms with Crippen molar-refractivity contribution in [1.29, 1.82) is 0 Å². The molecule has 6 heteroatoms. The molecule has 1 aromatic rings. The van der Waals surface area contributed by atoms with Crippen LogP contribution in [0.15, 0.2) is 24.3 Å². The van der Waals surface area contributed by atoms with E-state index in [0.29, 0.717) is 38.5 Å². The number of benzene rings is 1. The van der Waals surface area contributed by atoms with E-state index in [2.05, 4.69) is 43.4 Å². The number of hydrogen-bond acceptors (Lipinski definition) is 4. The molecule has 0 aliphatic carbocycles. The normalized spacial score (nSPS) is 24.8. The molecule has 2 aliphatic rings. The van der Waals surface area contributed by atoms with Gasteiger partial charge in [0.2, 0.25) is 5.91 Å². The summed E-state index contributed by atoms with van der Waals surface area (Å²) < 4.78 is 0. The Hall–Kier alpha value is -1.92. The molecule has 0 unspecified atom stereocenters. The maximum absolute atomic E-state index is 13.0. The Morgan fingerprint density at radius 2 is 1.89 bits per heavy atom. The standard InChI is InChI=1S/C21H31N3O3/c1-16(2)18-7-5-17(6-8-18)13-24-12-3-9-21(27,20(24)26)15-23-11-4-10-22-19(25)14-23/h5-8,16,27H,3-4,9-15H2,1-2H3,(H,22,25)/t21-/m0/s1. The Morgan fingerprint density at radius 1 is 1.15 bits per heavy atom. The lowest BCUT2D eigenvalue weighted by Crippen LogP contribution is -2.58. The first kappa shape index (κ1) is 19.8. The molecule has 2 saturated heterocycles. The molecule has 6 nitrogen and oxygen atoms in total. The zero-order valence-corrected chi connectivity index (χ0v) is 16.4.